The number of nitrogens with zero attached hydrogens (tertiary/aromatic N) is 2. The smallest absolute Gasteiger partial charge is 0.269 e. The Kier molecular flexibility index (Phi) is 6.34. The highest BCUT2D eigenvalue weighted by molar-refractivity contribution is 8.14. The lowest BCUT2D eigenvalue weighted by atomic mass is 10.3. The Bertz CT molecular complexity index is 1080. The summed E-state index contributed by atoms with van der Waals surface area (Å²) in [7, 11) is -9.31. The van der Waals surface area contributed by atoms with E-state index in [4.69, 9.17) is 4.74 Å². The molecule has 0 amide bonds. The number of sulfone groups is 2. The minimum absolute atomic E-state index is 0.0327. The minimum Gasteiger partial charge on any atom is -0.499 e. The molecule has 0 aliphatic heterocycles. The fourth-order valence-corrected chi connectivity index (χ4v) is 5.72. The van der Waals surface area contributed by atoms with Gasteiger partial charge in [-0.3, -0.25) is 20.2 Å². The molecular weight excluding hydrogens is 428 g/mol. The van der Waals surface area contributed by atoms with Gasteiger partial charge in [0.05, 0.1) is 26.2 Å². The molecule has 2 aromatic carbocycles. The number of ether oxygens (including phenoxy) is 1. The van der Waals surface area contributed by atoms with E-state index in [1.165, 1.54) is 6.92 Å². The van der Waals surface area contributed by atoms with E-state index in [-0.39, 0.29) is 18.0 Å². The summed E-state index contributed by atoms with van der Waals surface area (Å²) in [6.07, 6.45) is 0.563. The summed E-state index contributed by atoms with van der Waals surface area (Å²) >= 11 is 0. The normalized spacial score (nSPS) is 11.5. The summed E-state index contributed by atoms with van der Waals surface area (Å²) in [5.74, 6) is 0. The van der Waals surface area contributed by atoms with E-state index in [0.29, 0.717) is 6.26 Å². The highest BCUT2D eigenvalue weighted by Gasteiger charge is 2.35. The average molecular weight is 442 g/mol. The fourth-order valence-electron chi connectivity index (χ4n) is 2.15. The van der Waals surface area contributed by atoms with Crippen molar-refractivity contribution in [3.8, 4) is 0 Å². The summed E-state index contributed by atoms with van der Waals surface area (Å²) in [6.45, 7) is 1.47. The highest BCUT2D eigenvalue weighted by Crippen LogP contribution is 2.30. The van der Waals surface area contributed by atoms with Crippen molar-refractivity contribution in [1.82, 2.24) is 0 Å². The second-order valence-corrected chi connectivity index (χ2v) is 9.50. The van der Waals surface area contributed by atoms with Crippen LogP contribution < -0.4 is 0 Å². The zero-order chi connectivity index (χ0) is 21.8. The number of rotatable bonds is 8. The van der Waals surface area contributed by atoms with Crippen LogP contribution in [0.3, 0.4) is 0 Å². The molecule has 0 spiro atoms. The van der Waals surface area contributed by atoms with Crippen molar-refractivity contribution in [3.05, 3.63) is 79.3 Å². The number of nitro benzene ring substituents is 2. The third kappa shape index (κ3) is 4.57. The zero-order valence-electron chi connectivity index (χ0n) is 14.8. The molecule has 2 aromatic rings. The molecule has 2 rings (SSSR count). The summed E-state index contributed by atoms with van der Waals surface area (Å²) < 4.78 is 55.4. The van der Waals surface area contributed by atoms with Gasteiger partial charge in [0.15, 0.2) is 0 Å². The second kappa shape index (κ2) is 8.36. The van der Waals surface area contributed by atoms with E-state index in [2.05, 4.69) is 0 Å². The third-order valence-corrected chi connectivity index (χ3v) is 7.95. The van der Waals surface area contributed by atoms with Crippen LogP contribution in [-0.2, 0) is 24.4 Å². The van der Waals surface area contributed by atoms with Gasteiger partial charge >= 0.3 is 0 Å². The van der Waals surface area contributed by atoms with E-state index in [1.807, 2.05) is 0 Å². The lowest BCUT2D eigenvalue weighted by Crippen LogP contribution is -2.16. The van der Waals surface area contributed by atoms with Crippen LogP contribution in [-0.4, -0.2) is 33.3 Å². The Morgan fingerprint density at radius 2 is 1.17 bits per heavy atom. The van der Waals surface area contributed by atoms with Crippen LogP contribution in [0.5, 0.6) is 0 Å². The number of hydrogen-bond donors (Lipinski definition) is 0. The Morgan fingerprint density at radius 3 is 1.45 bits per heavy atom. The molecule has 0 N–H and O–H groups in total. The molecule has 0 radical (unpaired) electrons. The van der Waals surface area contributed by atoms with Gasteiger partial charge in [-0.15, -0.1) is 0 Å². The Hall–Kier alpha value is -3.32. The van der Waals surface area contributed by atoms with Gasteiger partial charge in [0.2, 0.25) is 23.9 Å². The maximum Gasteiger partial charge on any atom is 0.269 e. The fraction of sp³-hybridized carbons (Fsp3) is 0.125. The van der Waals surface area contributed by atoms with Gasteiger partial charge in [-0.1, -0.05) is 0 Å². The molecule has 29 heavy (non-hydrogen) atoms. The van der Waals surface area contributed by atoms with Crippen LogP contribution in [0.1, 0.15) is 6.92 Å². The van der Waals surface area contributed by atoms with Crippen molar-refractivity contribution in [2.75, 3.05) is 6.61 Å². The van der Waals surface area contributed by atoms with Crippen molar-refractivity contribution in [2.24, 2.45) is 0 Å². The van der Waals surface area contributed by atoms with Gasteiger partial charge in [0.25, 0.3) is 11.4 Å². The van der Waals surface area contributed by atoms with Gasteiger partial charge in [0, 0.05) is 24.3 Å². The molecule has 0 bridgehead atoms. The SMILES string of the molecule is CCOC=C(S(=O)(=O)c1ccc([N+](=O)[O-])cc1)S(=O)(=O)c1ccc([N+](=O)[O-])cc1. The van der Waals surface area contributed by atoms with Crippen LogP contribution >= 0.6 is 0 Å². The number of hydrogen-bond acceptors (Lipinski definition) is 9. The maximum atomic E-state index is 12.9. The predicted molar refractivity (Wildman–Crippen MR) is 100 cm³/mol. The molecule has 0 saturated heterocycles. The summed E-state index contributed by atoms with van der Waals surface area (Å²) in [4.78, 5) is 19.0. The molecule has 0 aromatic heterocycles. The lowest BCUT2D eigenvalue weighted by molar-refractivity contribution is -0.385. The van der Waals surface area contributed by atoms with Crippen LogP contribution in [0.4, 0.5) is 11.4 Å². The highest BCUT2D eigenvalue weighted by atomic mass is 32.3. The van der Waals surface area contributed by atoms with Crippen LogP contribution in [0, 0.1) is 20.2 Å². The minimum atomic E-state index is -4.66. The van der Waals surface area contributed by atoms with Crippen LogP contribution in [0.25, 0.3) is 0 Å². The van der Waals surface area contributed by atoms with Crippen molar-refractivity contribution < 1.29 is 31.4 Å². The molecule has 0 unspecified atom stereocenters. The Balaban J connectivity index is 2.60. The first kappa shape index (κ1) is 22.0. The monoisotopic (exact) mass is 442 g/mol. The van der Waals surface area contributed by atoms with Crippen LogP contribution in [0.15, 0.2) is 68.8 Å². The molecule has 0 aliphatic carbocycles. The number of non-ortho nitro benzene ring substituents is 2. The lowest BCUT2D eigenvalue weighted by Gasteiger charge is -2.11. The molecule has 13 heteroatoms. The molecule has 0 heterocycles. The topological polar surface area (TPSA) is 164 Å². The predicted octanol–water partition coefficient (Wildman–Crippen LogP) is 2.59. The first-order valence-corrected chi connectivity index (χ1v) is 10.8. The van der Waals surface area contributed by atoms with Crippen molar-refractivity contribution in [1.29, 1.82) is 0 Å². The van der Waals surface area contributed by atoms with E-state index < -0.39 is 43.5 Å². The zero-order valence-corrected chi connectivity index (χ0v) is 16.4. The Labute approximate surface area is 165 Å². The molecule has 11 nitrogen and oxygen atoms in total. The van der Waals surface area contributed by atoms with E-state index >= 15 is 0 Å². The van der Waals surface area contributed by atoms with Gasteiger partial charge in [-0.2, -0.15) is 0 Å². The number of benzene rings is 2. The summed E-state index contributed by atoms with van der Waals surface area (Å²) in [5, 5.41) is 21.5. The molecule has 0 saturated carbocycles. The van der Waals surface area contributed by atoms with E-state index in [1.54, 1.807) is 0 Å². The Morgan fingerprint density at radius 1 is 0.828 bits per heavy atom. The van der Waals surface area contributed by atoms with Crippen molar-refractivity contribution in [3.63, 3.8) is 0 Å². The third-order valence-electron chi connectivity index (χ3n) is 3.59. The second-order valence-electron chi connectivity index (χ2n) is 5.40. The van der Waals surface area contributed by atoms with Crippen molar-refractivity contribution in [2.45, 2.75) is 16.7 Å². The van der Waals surface area contributed by atoms with Gasteiger partial charge in [-0.25, -0.2) is 16.8 Å². The molecule has 0 aliphatic rings. The molecule has 0 atom stereocenters. The summed E-state index contributed by atoms with van der Waals surface area (Å²) in [6, 6.07) is 7.29. The van der Waals surface area contributed by atoms with E-state index in [0.717, 1.165) is 48.5 Å². The largest absolute Gasteiger partial charge is 0.499 e. The maximum absolute atomic E-state index is 12.9. The van der Waals surface area contributed by atoms with Crippen LogP contribution in [0.2, 0.25) is 0 Å². The average Bonchev–Trinajstić information content (AvgIpc) is 2.68. The van der Waals surface area contributed by atoms with Gasteiger partial charge in [-0.05, 0) is 31.2 Å². The van der Waals surface area contributed by atoms with Crippen molar-refractivity contribution >= 4 is 31.0 Å². The first-order chi connectivity index (χ1) is 13.5. The first-order valence-electron chi connectivity index (χ1n) is 7.82. The summed E-state index contributed by atoms with van der Waals surface area (Å²) in [5.41, 5.74) is -0.755. The standard InChI is InChI=1S/C16H14N2O9S2/c1-2-27-11-16(28(23,24)14-7-3-12(4-8-14)17(19)20)29(25,26)15-9-5-13(6-10-15)18(21)22/h3-11H,2H2,1H3. The molecular formula is C16H14N2O9S2. The van der Waals surface area contributed by atoms with Gasteiger partial charge in [0.1, 0.15) is 6.26 Å². The van der Waals surface area contributed by atoms with Gasteiger partial charge < -0.3 is 4.74 Å². The van der Waals surface area contributed by atoms with E-state index in [9.17, 15) is 37.1 Å². The number of nitro groups is 2. The quantitative estimate of drug-likeness (QED) is 0.339. The molecule has 154 valence electrons. The molecule has 0 fully saturated rings.